The van der Waals surface area contributed by atoms with E-state index in [9.17, 15) is 4.39 Å². The van der Waals surface area contributed by atoms with Gasteiger partial charge in [-0.1, -0.05) is 0 Å². The molecule has 6 heteroatoms. The van der Waals surface area contributed by atoms with E-state index >= 15 is 0 Å². The zero-order valence-corrected chi connectivity index (χ0v) is 8.51. The van der Waals surface area contributed by atoms with Gasteiger partial charge in [0.25, 0.3) is 0 Å². The zero-order chi connectivity index (χ0) is 11.5. The van der Waals surface area contributed by atoms with Gasteiger partial charge in [-0.25, -0.2) is 4.39 Å². The predicted octanol–water partition coefficient (Wildman–Crippen LogP) is 1.27. The molecule has 1 aromatic heterocycles. The van der Waals surface area contributed by atoms with Gasteiger partial charge in [0.2, 0.25) is 5.95 Å². The molecule has 5 nitrogen and oxygen atoms in total. The van der Waals surface area contributed by atoms with Crippen molar-refractivity contribution in [3.8, 4) is 17.4 Å². The van der Waals surface area contributed by atoms with Gasteiger partial charge in [0.1, 0.15) is 5.82 Å². The topological polar surface area (TPSA) is 73.9 Å². The minimum Gasteiger partial charge on any atom is -0.467 e. The van der Waals surface area contributed by atoms with Crippen LogP contribution in [-0.2, 0) is 0 Å². The van der Waals surface area contributed by atoms with Gasteiger partial charge in [-0.3, -0.25) is 0 Å². The Kier molecular flexibility index (Phi) is 2.63. The van der Waals surface area contributed by atoms with Crippen molar-refractivity contribution in [3.63, 3.8) is 0 Å². The summed E-state index contributed by atoms with van der Waals surface area (Å²) >= 11 is 0. The van der Waals surface area contributed by atoms with Gasteiger partial charge < -0.3 is 10.5 Å². The van der Waals surface area contributed by atoms with E-state index in [0.717, 1.165) is 0 Å². The Morgan fingerprint density at radius 3 is 2.44 bits per heavy atom. The third kappa shape index (κ3) is 2.05. The first kappa shape index (κ1) is 10.3. The Labute approximate surface area is 91.1 Å². The van der Waals surface area contributed by atoms with E-state index < -0.39 is 0 Å². The first-order valence-corrected chi connectivity index (χ1v) is 4.50. The molecule has 0 amide bonds. The number of rotatable bonds is 2. The quantitative estimate of drug-likeness (QED) is 0.824. The number of methoxy groups -OCH3 is 1. The van der Waals surface area contributed by atoms with Crippen molar-refractivity contribution >= 4 is 5.95 Å². The maximum Gasteiger partial charge on any atom is 0.321 e. The van der Waals surface area contributed by atoms with Crippen LogP contribution in [0, 0.1) is 5.82 Å². The molecule has 1 aromatic carbocycles. The molecule has 2 N–H and O–H groups in total. The molecule has 16 heavy (non-hydrogen) atoms. The van der Waals surface area contributed by atoms with Crippen molar-refractivity contribution < 1.29 is 9.13 Å². The molecular weight excluding hydrogens is 211 g/mol. The number of aromatic nitrogens is 3. The number of nitrogens with zero attached hydrogens (tertiary/aromatic N) is 3. The molecule has 0 spiro atoms. The zero-order valence-electron chi connectivity index (χ0n) is 8.51. The SMILES string of the molecule is COc1nc(N)nc(-c2ccc(F)cc2)n1. The summed E-state index contributed by atoms with van der Waals surface area (Å²) in [6, 6.07) is 5.89. The van der Waals surface area contributed by atoms with Crippen LogP contribution in [-0.4, -0.2) is 22.1 Å². The highest BCUT2D eigenvalue weighted by Gasteiger charge is 2.06. The lowest BCUT2D eigenvalue weighted by Gasteiger charge is -2.03. The molecule has 0 saturated carbocycles. The van der Waals surface area contributed by atoms with Crippen LogP contribution in [0.1, 0.15) is 0 Å². The molecule has 0 radical (unpaired) electrons. The van der Waals surface area contributed by atoms with Crippen LogP contribution in [0.2, 0.25) is 0 Å². The van der Waals surface area contributed by atoms with Crippen molar-refractivity contribution in [2.24, 2.45) is 0 Å². The normalized spacial score (nSPS) is 10.1. The lowest BCUT2D eigenvalue weighted by Crippen LogP contribution is -2.02. The van der Waals surface area contributed by atoms with Crippen LogP contribution in [0.3, 0.4) is 0 Å². The van der Waals surface area contributed by atoms with Crippen molar-refractivity contribution in [1.29, 1.82) is 0 Å². The molecule has 82 valence electrons. The number of nitrogens with two attached hydrogens (primary N) is 1. The van der Waals surface area contributed by atoms with Crippen LogP contribution >= 0.6 is 0 Å². The highest BCUT2D eigenvalue weighted by atomic mass is 19.1. The average Bonchev–Trinajstić information content (AvgIpc) is 2.29. The lowest BCUT2D eigenvalue weighted by molar-refractivity contribution is 0.379. The highest BCUT2D eigenvalue weighted by Crippen LogP contribution is 2.17. The number of hydrogen-bond donors (Lipinski definition) is 1. The first-order chi connectivity index (χ1) is 7.69. The van der Waals surface area contributed by atoms with Gasteiger partial charge in [-0.2, -0.15) is 15.0 Å². The fraction of sp³-hybridized carbons (Fsp3) is 0.100. The van der Waals surface area contributed by atoms with E-state index in [1.165, 1.54) is 19.2 Å². The number of ether oxygens (including phenoxy) is 1. The minimum atomic E-state index is -0.322. The molecule has 0 bridgehead atoms. The smallest absolute Gasteiger partial charge is 0.321 e. The summed E-state index contributed by atoms with van der Waals surface area (Å²) < 4.78 is 17.6. The number of halogens is 1. The second kappa shape index (κ2) is 4.09. The Bertz CT molecular complexity index is 501. The number of benzene rings is 1. The maximum absolute atomic E-state index is 12.7. The highest BCUT2D eigenvalue weighted by molar-refractivity contribution is 5.55. The Balaban J connectivity index is 2.47. The van der Waals surface area contributed by atoms with E-state index in [0.29, 0.717) is 11.4 Å². The molecule has 0 unspecified atom stereocenters. The third-order valence-corrected chi connectivity index (χ3v) is 1.92. The molecular formula is C10H9FN4O. The van der Waals surface area contributed by atoms with E-state index in [-0.39, 0.29) is 17.8 Å². The minimum absolute atomic E-state index is 0.0613. The van der Waals surface area contributed by atoms with Crippen LogP contribution in [0.4, 0.5) is 10.3 Å². The van der Waals surface area contributed by atoms with Crippen LogP contribution < -0.4 is 10.5 Å². The summed E-state index contributed by atoms with van der Waals surface area (Å²) in [6.45, 7) is 0. The monoisotopic (exact) mass is 220 g/mol. The van der Waals surface area contributed by atoms with Crippen molar-refractivity contribution in [2.75, 3.05) is 12.8 Å². The van der Waals surface area contributed by atoms with E-state index in [1.54, 1.807) is 12.1 Å². The first-order valence-electron chi connectivity index (χ1n) is 4.50. The molecule has 0 saturated heterocycles. The average molecular weight is 220 g/mol. The molecule has 0 aliphatic carbocycles. The van der Waals surface area contributed by atoms with E-state index in [1.807, 2.05) is 0 Å². The van der Waals surface area contributed by atoms with Crippen LogP contribution in [0.25, 0.3) is 11.4 Å². The Hall–Kier alpha value is -2.24. The summed E-state index contributed by atoms with van der Waals surface area (Å²) in [4.78, 5) is 11.7. The molecule has 0 aliphatic heterocycles. The van der Waals surface area contributed by atoms with Gasteiger partial charge in [0.15, 0.2) is 5.82 Å². The van der Waals surface area contributed by atoms with Gasteiger partial charge in [-0.05, 0) is 24.3 Å². The molecule has 0 aliphatic rings. The Morgan fingerprint density at radius 2 is 1.81 bits per heavy atom. The molecule has 2 aromatic rings. The molecule has 0 fully saturated rings. The molecule has 2 rings (SSSR count). The fourth-order valence-electron chi connectivity index (χ4n) is 1.19. The summed E-state index contributed by atoms with van der Waals surface area (Å²) in [5.74, 6) is 0.0910. The van der Waals surface area contributed by atoms with Crippen molar-refractivity contribution in [2.45, 2.75) is 0 Å². The predicted molar refractivity (Wildman–Crippen MR) is 56.2 cm³/mol. The number of nitrogen functional groups attached to an aromatic ring is 1. The van der Waals surface area contributed by atoms with E-state index in [2.05, 4.69) is 15.0 Å². The Morgan fingerprint density at radius 1 is 1.12 bits per heavy atom. The second-order valence-electron chi connectivity index (χ2n) is 3.01. The molecule has 1 heterocycles. The standard InChI is InChI=1S/C10H9FN4O/c1-16-10-14-8(13-9(12)15-10)6-2-4-7(11)5-3-6/h2-5H,1H3,(H2,12,13,14,15). The van der Waals surface area contributed by atoms with Crippen LogP contribution in [0.5, 0.6) is 6.01 Å². The lowest BCUT2D eigenvalue weighted by atomic mass is 10.2. The summed E-state index contributed by atoms with van der Waals surface area (Å²) in [7, 11) is 1.43. The largest absolute Gasteiger partial charge is 0.467 e. The molecule has 0 atom stereocenters. The summed E-state index contributed by atoms with van der Waals surface area (Å²) in [6.07, 6.45) is 0. The number of anilines is 1. The van der Waals surface area contributed by atoms with E-state index in [4.69, 9.17) is 10.5 Å². The van der Waals surface area contributed by atoms with Gasteiger partial charge in [0.05, 0.1) is 7.11 Å². The van der Waals surface area contributed by atoms with Gasteiger partial charge in [-0.15, -0.1) is 0 Å². The summed E-state index contributed by atoms with van der Waals surface area (Å²) in [5, 5.41) is 0. The van der Waals surface area contributed by atoms with Crippen molar-refractivity contribution in [3.05, 3.63) is 30.1 Å². The second-order valence-corrected chi connectivity index (χ2v) is 3.01. The number of hydrogen-bond acceptors (Lipinski definition) is 5. The van der Waals surface area contributed by atoms with Gasteiger partial charge >= 0.3 is 6.01 Å². The van der Waals surface area contributed by atoms with Crippen molar-refractivity contribution in [1.82, 2.24) is 15.0 Å². The maximum atomic E-state index is 12.7. The third-order valence-electron chi connectivity index (χ3n) is 1.92. The van der Waals surface area contributed by atoms with Crippen LogP contribution in [0.15, 0.2) is 24.3 Å². The fourth-order valence-corrected chi connectivity index (χ4v) is 1.19. The van der Waals surface area contributed by atoms with Gasteiger partial charge in [0, 0.05) is 5.56 Å². The summed E-state index contributed by atoms with van der Waals surface area (Å²) in [5.41, 5.74) is 6.13.